The topological polar surface area (TPSA) is 82.5 Å². The number of rotatable bonds is 4. The minimum Gasteiger partial charge on any atom is -0.454 e. The maximum atomic E-state index is 12.7. The Balaban J connectivity index is 1.57. The van der Waals surface area contributed by atoms with Crippen molar-refractivity contribution in [2.24, 2.45) is 0 Å². The number of fused-ring (bicyclic) bond motifs is 1. The van der Waals surface area contributed by atoms with E-state index in [0.717, 1.165) is 11.1 Å². The lowest BCUT2D eigenvalue weighted by Gasteiger charge is -2.15. The fourth-order valence-corrected chi connectivity index (χ4v) is 2.91. The Morgan fingerprint density at radius 2 is 1.82 bits per heavy atom. The number of hydrogen-bond donors (Lipinski definition) is 1. The number of nitrogens with one attached hydrogen (secondary N) is 1. The maximum absolute atomic E-state index is 12.7. The van der Waals surface area contributed by atoms with E-state index in [1.165, 1.54) is 10.7 Å². The van der Waals surface area contributed by atoms with E-state index in [1.54, 1.807) is 31.2 Å². The van der Waals surface area contributed by atoms with Gasteiger partial charge in [-0.1, -0.05) is 29.8 Å². The molecule has 7 nitrogen and oxygen atoms in total. The van der Waals surface area contributed by atoms with Gasteiger partial charge in [0.1, 0.15) is 6.04 Å². The molecule has 3 aromatic rings. The molecule has 0 spiro atoms. The maximum Gasteiger partial charge on any atom is 0.267 e. The van der Waals surface area contributed by atoms with E-state index in [-0.39, 0.29) is 18.3 Å². The Morgan fingerprint density at radius 1 is 1.07 bits per heavy atom. The minimum absolute atomic E-state index is 0.161. The smallest absolute Gasteiger partial charge is 0.267 e. The molecule has 1 unspecified atom stereocenters. The molecule has 0 saturated heterocycles. The Bertz CT molecular complexity index is 1090. The van der Waals surface area contributed by atoms with Crippen molar-refractivity contribution in [3.63, 3.8) is 0 Å². The average Bonchev–Trinajstić information content (AvgIpc) is 3.16. The largest absolute Gasteiger partial charge is 0.454 e. The molecule has 1 aliphatic rings. The van der Waals surface area contributed by atoms with Crippen LogP contribution in [0, 0.1) is 6.92 Å². The quantitative estimate of drug-likeness (QED) is 0.755. The summed E-state index contributed by atoms with van der Waals surface area (Å²) in [7, 11) is 0. The third-order valence-corrected chi connectivity index (χ3v) is 4.56. The van der Waals surface area contributed by atoms with Crippen molar-refractivity contribution in [3.8, 4) is 22.8 Å². The van der Waals surface area contributed by atoms with Crippen LogP contribution < -0.4 is 20.3 Å². The van der Waals surface area contributed by atoms with E-state index in [9.17, 15) is 9.59 Å². The van der Waals surface area contributed by atoms with Crippen LogP contribution in [0.1, 0.15) is 18.5 Å². The van der Waals surface area contributed by atoms with E-state index >= 15 is 0 Å². The molecular formula is C21H19N3O4. The van der Waals surface area contributed by atoms with Gasteiger partial charge in [0.25, 0.3) is 5.56 Å². The molecule has 28 heavy (non-hydrogen) atoms. The van der Waals surface area contributed by atoms with Gasteiger partial charge in [-0.15, -0.1) is 0 Å². The molecule has 0 aliphatic carbocycles. The van der Waals surface area contributed by atoms with Gasteiger partial charge in [-0.3, -0.25) is 9.59 Å². The van der Waals surface area contributed by atoms with Crippen LogP contribution in [-0.4, -0.2) is 22.5 Å². The first-order chi connectivity index (χ1) is 13.5. The predicted octanol–water partition coefficient (Wildman–Crippen LogP) is 3.15. The van der Waals surface area contributed by atoms with Crippen LogP contribution in [0.5, 0.6) is 11.5 Å². The van der Waals surface area contributed by atoms with Crippen molar-refractivity contribution in [2.45, 2.75) is 19.9 Å². The highest BCUT2D eigenvalue weighted by Crippen LogP contribution is 2.34. The van der Waals surface area contributed by atoms with E-state index in [1.807, 2.05) is 31.2 Å². The summed E-state index contributed by atoms with van der Waals surface area (Å²) in [6, 6.07) is 15.2. The normalized spacial score (nSPS) is 13.2. The highest BCUT2D eigenvalue weighted by Gasteiger charge is 2.20. The first-order valence-electron chi connectivity index (χ1n) is 8.89. The summed E-state index contributed by atoms with van der Waals surface area (Å²) in [5, 5.41) is 7.18. The molecule has 1 atom stereocenters. The number of aryl methyl sites for hydroxylation is 1. The molecule has 7 heteroatoms. The van der Waals surface area contributed by atoms with Gasteiger partial charge in [-0.2, -0.15) is 5.10 Å². The summed E-state index contributed by atoms with van der Waals surface area (Å²) >= 11 is 0. The molecule has 2 heterocycles. The van der Waals surface area contributed by atoms with Crippen LogP contribution in [0.15, 0.2) is 59.4 Å². The van der Waals surface area contributed by atoms with Crippen molar-refractivity contribution >= 4 is 11.6 Å². The summed E-state index contributed by atoms with van der Waals surface area (Å²) in [6.45, 7) is 3.80. The number of carbonyl (C=O) groups is 1. The second-order valence-electron chi connectivity index (χ2n) is 6.60. The summed E-state index contributed by atoms with van der Waals surface area (Å²) < 4.78 is 11.8. The zero-order valence-electron chi connectivity index (χ0n) is 15.5. The highest BCUT2D eigenvalue weighted by molar-refractivity contribution is 5.93. The summed E-state index contributed by atoms with van der Waals surface area (Å²) in [5.41, 5.74) is 2.85. The molecule has 0 fully saturated rings. The monoisotopic (exact) mass is 377 g/mol. The Kier molecular flexibility index (Phi) is 4.57. The van der Waals surface area contributed by atoms with Crippen LogP contribution in [0.2, 0.25) is 0 Å². The van der Waals surface area contributed by atoms with Crippen LogP contribution in [-0.2, 0) is 4.79 Å². The van der Waals surface area contributed by atoms with Gasteiger partial charge in [0, 0.05) is 23.4 Å². The molecule has 0 saturated carbocycles. The summed E-state index contributed by atoms with van der Waals surface area (Å²) in [5.74, 6) is 0.853. The molecular weight excluding hydrogens is 358 g/mol. The third-order valence-electron chi connectivity index (χ3n) is 4.56. The lowest BCUT2D eigenvalue weighted by Crippen LogP contribution is -2.33. The van der Waals surface area contributed by atoms with Gasteiger partial charge in [-0.25, -0.2) is 4.68 Å². The van der Waals surface area contributed by atoms with E-state index in [0.29, 0.717) is 22.9 Å². The SMILES string of the molecule is Cc1ccc(-c2ccc(=O)n(C(C)C(=O)Nc3ccc4c(c3)OCO4)n2)cc1. The van der Waals surface area contributed by atoms with Crippen LogP contribution in [0.25, 0.3) is 11.3 Å². The first kappa shape index (κ1) is 17.8. The summed E-state index contributed by atoms with van der Waals surface area (Å²) in [6.07, 6.45) is 0. The molecule has 2 aromatic carbocycles. The molecule has 0 radical (unpaired) electrons. The molecule has 1 aliphatic heterocycles. The zero-order valence-corrected chi connectivity index (χ0v) is 15.5. The molecule has 1 N–H and O–H groups in total. The molecule has 1 amide bonds. The number of aromatic nitrogens is 2. The molecule has 4 rings (SSSR count). The fraction of sp³-hybridized carbons (Fsp3) is 0.190. The fourth-order valence-electron chi connectivity index (χ4n) is 2.91. The first-order valence-corrected chi connectivity index (χ1v) is 8.89. The van der Waals surface area contributed by atoms with E-state index < -0.39 is 6.04 Å². The lowest BCUT2D eigenvalue weighted by molar-refractivity contribution is -0.119. The Morgan fingerprint density at radius 3 is 2.61 bits per heavy atom. The Labute approximate surface area is 161 Å². The minimum atomic E-state index is -0.789. The number of ether oxygens (including phenoxy) is 2. The van der Waals surface area contributed by atoms with Crippen LogP contribution >= 0.6 is 0 Å². The average molecular weight is 377 g/mol. The third kappa shape index (κ3) is 3.46. The highest BCUT2D eigenvalue weighted by atomic mass is 16.7. The Hall–Kier alpha value is -3.61. The van der Waals surface area contributed by atoms with Gasteiger partial charge >= 0.3 is 0 Å². The molecule has 1 aromatic heterocycles. The van der Waals surface area contributed by atoms with Crippen LogP contribution in [0.4, 0.5) is 5.69 Å². The second-order valence-corrected chi connectivity index (χ2v) is 6.60. The van der Waals surface area contributed by atoms with Crippen molar-refractivity contribution in [2.75, 3.05) is 12.1 Å². The second kappa shape index (κ2) is 7.19. The zero-order chi connectivity index (χ0) is 19.7. The van der Waals surface area contributed by atoms with Crippen molar-refractivity contribution in [1.29, 1.82) is 0 Å². The number of carbonyl (C=O) groups excluding carboxylic acids is 1. The molecule has 0 bridgehead atoms. The van der Waals surface area contributed by atoms with Crippen LogP contribution in [0.3, 0.4) is 0 Å². The molecule has 142 valence electrons. The van der Waals surface area contributed by atoms with Gasteiger partial charge < -0.3 is 14.8 Å². The lowest BCUT2D eigenvalue weighted by atomic mass is 10.1. The predicted molar refractivity (Wildman–Crippen MR) is 105 cm³/mol. The number of benzene rings is 2. The van der Waals surface area contributed by atoms with Crippen molar-refractivity contribution in [1.82, 2.24) is 9.78 Å². The number of amides is 1. The van der Waals surface area contributed by atoms with Gasteiger partial charge in [0.15, 0.2) is 11.5 Å². The number of anilines is 1. The van der Waals surface area contributed by atoms with Crippen molar-refractivity contribution in [3.05, 3.63) is 70.5 Å². The van der Waals surface area contributed by atoms with Gasteiger partial charge in [0.2, 0.25) is 12.7 Å². The number of nitrogens with zero attached hydrogens (tertiary/aromatic N) is 2. The number of hydrogen-bond acceptors (Lipinski definition) is 5. The van der Waals surface area contributed by atoms with E-state index in [4.69, 9.17) is 9.47 Å². The summed E-state index contributed by atoms with van der Waals surface area (Å²) in [4.78, 5) is 25.0. The van der Waals surface area contributed by atoms with Gasteiger partial charge in [-0.05, 0) is 32.0 Å². The van der Waals surface area contributed by atoms with E-state index in [2.05, 4.69) is 10.4 Å². The standard InChI is InChI=1S/C21H19N3O4/c1-13-3-5-15(6-4-13)17-8-10-20(25)24(23-17)14(2)21(26)22-16-7-9-18-19(11-16)28-12-27-18/h3-11,14H,12H2,1-2H3,(H,22,26). The van der Waals surface area contributed by atoms with Crippen molar-refractivity contribution < 1.29 is 14.3 Å². The van der Waals surface area contributed by atoms with Gasteiger partial charge in [0.05, 0.1) is 5.69 Å².